The zero-order valence-electron chi connectivity index (χ0n) is 15.5. The molecule has 0 aliphatic heterocycles. The van der Waals surface area contributed by atoms with Gasteiger partial charge in [-0.25, -0.2) is 4.79 Å². The number of esters is 1. The molecular weight excluding hydrogens is 292 g/mol. The van der Waals surface area contributed by atoms with Gasteiger partial charge in [-0.15, -0.1) is 0 Å². The molecule has 0 bridgehead atoms. The molecule has 128 valence electrons. The van der Waals surface area contributed by atoms with Crippen LogP contribution in [0.3, 0.4) is 0 Å². The van der Waals surface area contributed by atoms with E-state index in [1.807, 2.05) is 0 Å². The first-order valence-electron chi connectivity index (χ1n) is 8.48. The molecule has 0 aromatic rings. The third kappa shape index (κ3) is 5.23. The van der Waals surface area contributed by atoms with Gasteiger partial charge in [-0.05, 0) is 49.7 Å². The predicted molar refractivity (Wildman–Crippen MR) is 94.4 cm³/mol. The topological polar surface area (TPSA) is 35.5 Å². The lowest BCUT2D eigenvalue weighted by atomic mass is 9.76. The number of carbonyl (C=O) groups is 1. The first-order valence-corrected chi connectivity index (χ1v) is 11.4. The Labute approximate surface area is 137 Å². The molecule has 22 heavy (non-hydrogen) atoms. The van der Waals surface area contributed by atoms with Gasteiger partial charge in [0, 0.05) is 12.7 Å². The largest absolute Gasteiger partial charge is 0.466 e. The number of ether oxygens (including phenoxy) is 1. The molecule has 0 unspecified atom stereocenters. The summed E-state index contributed by atoms with van der Waals surface area (Å²) in [6.45, 7) is 14.3. The lowest BCUT2D eigenvalue weighted by Crippen LogP contribution is -2.43. The van der Waals surface area contributed by atoms with Crippen LogP contribution < -0.4 is 0 Å². The molecule has 4 heteroatoms. The number of hydrogen-bond donors (Lipinski definition) is 0. The van der Waals surface area contributed by atoms with Crippen LogP contribution in [0.25, 0.3) is 0 Å². The van der Waals surface area contributed by atoms with Gasteiger partial charge < -0.3 is 9.16 Å². The lowest BCUT2D eigenvalue weighted by Gasteiger charge is -2.39. The highest BCUT2D eigenvalue weighted by molar-refractivity contribution is 6.74. The molecule has 0 amide bonds. The normalized spacial score (nSPS) is 24.2. The van der Waals surface area contributed by atoms with Crippen molar-refractivity contribution in [2.24, 2.45) is 11.8 Å². The molecule has 0 radical (unpaired) electrons. The highest BCUT2D eigenvalue weighted by Crippen LogP contribution is 2.40. The van der Waals surface area contributed by atoms with Crippen LogP contribution in [0.1, 0.15) is 53.4 Å². The maximum Gasteiger partial charge on any atom is 0.330 e. The van der Waals surface area contributed by atoms with E-state index in [4.69, 9.17) is 9.16 Å². The summed E-state index contributed by atoms with van der Waals surface area (Å²) in [5.41, 5.74) is 1.15. The number of hydrogen-bond acceptors (Lipinski definition) is 3. The third-order valence-electron chi connectivity index (χ3n) is 5.51. The molecule has 2 atom stereocenters. The van der Waals surface area contributed by atoms with Crippen LogP contribution in [0.2, 0.25) is 18.1 Å². The van der Waals surface area contributed by atoms with Crippen LogP contribution in [-0.2, 0) is 14.0 Å². The van der Waals surface area contributed by atoms with E-state index in [0.717, 1.165) is 18.6 Å². The second-order valence-corrected chi connectivity index (χ2v) is 12.9. The van der Waals surface area contributed by atoms with Crippen molar-refractivity contribution in [3.8, 4) is 0 Å². The molecule has 0 aromatic carbocycles. The molecule has 0 N–H and O–H groups in total. The van der Waals surface area contributed by atoms with Gasteiger partial charge in [-0.1, -0.05) is 39.2 Å². The second-order valence-electron chi connectivity index (χ2n) is 8.13. The van der Waals surface area contributed by atoms with Crippen LogP contribution in [0.5, 0.6) is 0 Å². The number of allylic oxidation sites excluding steroid dienone is 1. The molecule has 0 heterocycles. The average Bonchev–Trinajstić information content (AvgIpc) is 2.44. The smallest absolute Gasteiger partial charge is 0.330 e. The molecule has 1 rings (SSSR count). The Balaban J connectivity index is 2.74. The van der Waals surface area contributed by atoms with Crippen molar-refractivity contribution in [1.82, 2.24) is 0 Å². The Hall–Kier alpha value is -0.613. The van der Waals surface area contributed by atoms with Crippen molar-refractivity contribution in [1.29, 1.82) is 0 Å². The van der Waals surface area contributed by atoms with Crippen LogP contribution in [0.4, 0.5) is 0 Å². The minimum atomic E-state index is -1.70. The molecule has 1 saturated carbocycles. The van der Waals surface area contributed by atoms with Crippen molar-refractivity contribution < 1.29 is 14.0 Å². The summed E-state index contributed by atoms with van der Waals surface area (Å²) in [7, 11) is -0.268. The Kier molecular flexibility index (Phi) is 6.87. The molecule has 1 aliphatic carbocycles. The monoisotopic (exact) mass is 326 g/mol. The SMILES string of the molecule is COC(=O)/C=C(/C)[C@H]1CCCC[C@@H]1CO[Si](C)(C)C(C)(C)C. The van der Waals surface area contributed by atoms with E-state index in [9.17, 15) is 4.79 Å². The molecule has 1 fully saturated rings. The van der Waals surface area contributed by atoms with E-state index in [0.29, 0.717) is 11.8 Å². The van der Waals surface area contributed by atoms with E-state index < -0.39 is 8.32 Å². The standard InChI is InChI=1S/C18H34O3Si/c1-14(12-17(19)20-5)16-11-9-8-10-15(16)13-21-22(6,7)18(2,3)4/h12,15-16H,8-11,13H2,1-7H3/b14-12-/t15-,16-/m1/s1. The minimum absolute atomic E-state index is 0.243. The highest BCUT2D eigenvalue weighted by Gasteiger charge is 2.38. The van der Waals surface area contributed by atoms with Crippen LogP contribution in [0.15, 0.2) is 11.6 Å². The van der Waals surface area contributed by atoms with Gasteiger partial charge in [0.1, 0.15) is 0 Å². The van der Waals surface area contributed by atoms with E-state index in [-0.39, 0.29) is 11.0 Å². The van der Waals surface area contributed by atoms with Gasteiger partial charge in [-0.3, -0.25) is 0 Å². The first-order chi connectivity index (χ1) is 10.1. The Morgan fingerprint density at radius 2 is 1.82 bits per heavy atom. The van der Waals surface area contributed by atoms with E-state index >= 15 is 0 Å². The maximum absolute atomic E-state index is 11.5. The quantitative estimate of drug-likeness (QED) is 0.408. The van der Waals surface area contributed by atoms with Gasteiger partial charge in [0.25, 0.3) is 0 Å². The number of rotatable bonds is 5. The Morgan fingerprint density at radius 3 is 2.36 bits per heavy atom. The van der Waals surface area contributed by atoms with Gasteiger partial charge in [0.2, 0.25) is 0 Å². The molecule has 3 nitrogen and oxygen atoms in total. The molecule has 0 spiro atoms. The van der Waals surface area contributed by atoms with Crippen molar-refractivity contribution in [3.63, 3.8) is 0 Å². The molecule has 0 aromatic heterocycles. The number of methoxy groups -OCH3 is 1. The summed E-state index contributed by atoms with van der Waals surface area (Å²) < 4.78 is 11.2. The number of carbonyl (C=O) groups excluding carboxylic acids is 1. The third-order valence-corrected chi connectivity index (χ3v) is 10.0. The maximum atomic E-state index is 11.5. The van der Waals surface area contributed by atoms with Gasteiger partial charge >= 0.3 is 5.97 Å². The second kappa shape index (κ2) is 7.78. The highest BCUT2D eigenvalue weighted by atomic mass is 28.4. The summed E-state index contributed by atoms with van der Waals surface area (Å²) in [4.78, 5) is 11.5. The summed E-state index contributed by atoms with van der Waals surface area (Å²) in [6.07, 6.45) is 6.53. The fraction of sp³-hybridized carbons (Fsp3) is 0.833. The minimum Gasteiger partial charge on any atom is -0.466 e. The summed E-state index contributed by atoms with van der Waals surface area (Å²) >= 11 is 0. The first kappa shape index (κ1) is 19.4. The van der Waals surface area contributed by atoms with Crippen molar-refractivity contribution >= 4 is 14.3 Å². The van der Waals surface area contributed by atoms with Gasteiger partial charge in [0.15, 0.2) is 8.32 Å². The van der Waals surface area contributed by atoms with Crippen LogP contribution in [0, 0.1) is 11.8 Å². The summed E-state index contributed by atoms with van der Waals surface area (Å²) in [5.74, 6) is 0.744. The molecular formula is C18H34O3Si. The predicted octanol–water partition coefficient (Wildman–Crippen LogP) is 4.93. The van der Waals surface area contributed by atoms with E-state index in [1.165, 1.54) is 26.4 Å². The van der Waals surface area contributed by atoms with Crippen molar-refractivity contribution in [2.45, 2.75) is 71.5 Å². The summed E-state index contributed by atoms with van der Waals surface area (Å²) in [6, 6.07) is 0. The van der Waals surface area contributed by atoms with Crippen LogP contribution in [-0.4, -0.2) is 28.0 Å². The zero-order chi connectivity index (χ0) is 17.0. The van der Waals surface area contributed by atoms with Crippen LogP contribution >= 0.6 is 0 Å². The summed E-state index contributed by atoms with van der Waals surface area (Å²) in [5, 5.41) is 0.244. The lowest BCUT2D eigenvalue weighted by molar-refractivity contribution is -0.134. The van der Waals surface area contributed by atoms with Crippen molar-refractivity contribution in [2.75, 3.05) is 13.7 Å². The Bertz CT molecular complexity index is 407. The molecule has 1 aliphatic rings. The van der Waals surface area contributed by atoms with Gasteiger partial charge in [0.05, 0.1) is 7.11 Å². The van der Waals surface area contributed by atoms with Gasteiger partial charge in [-0.2, -0.15) is 0 Å². The average molecular weight is 327 g/mol. The fourth-order valence-electron chi connectivity index (χ4n) is 2.89. The zero-order valence-corrected chi connectivity index (χ0v) is 16.5. The van der Waals surface area contributed by atoms with E-state index in [1.54, 1.807) is 6.08 Å². The Morgan fingerprint density at radius 1 is 1.23 bits per heavy atom. The van der Waals surface area contributed by atoms with Crippen molar-refractivity contribution in [3.05, 3.63) is 11.6 Å². The molecule has 0 saturated heterocycles. The fourth-order valence-corrected chi connectivity index (χ4v) is 3.95. The van der Waals surface area contributed by atoms with E-state index in [2.05, 4.69) is 40.8 Å².